The normalized spacial score (nSPS) is 11.3. The molecule has 18 rings (SSSR count). The number of benzene rings is 12. The molecule has 0 saturated heterocycles. The standard InChI is InChI=1S/C85H39N15S/c86-40-48-15-23-69-58(31-48)59-32-49(41-87)16-24-70(59)97(69)80-78(68-39-67(56-9-3-1-4-10-56)94-84(95-68)57-11-5-2-6-12-57)81(98-71-25-17-50(42-88)33-60(71)61-34-51(43-89)18-26-72(61)98)83(100-75-29-21-54(46-92)37-64(75)65-38-55(47-93)22-30-76(65)100)79(85-96-66-13-7-8-14-77(66)101-85)82(80)99-73-27-19-52(44-90)35-62(73)63-36-53(45-91)20-28-74(63)99/h1-39H. The minimum atomic E-state index is 0.367. The molecule has 18 aromatic rings. The highest BCUT2D eigenvalue weighted by Crippen LogP contribution is 2.56. The van der Waals surface area contributed by atoms with E-state index in [4.69, 9.17) is 15.0 Å². The van der Waals surface area contributed by atoms with E-state index in [9.17, 15) is 42.1 Å². The summed E-state index contributed by atoms with van der Waals surface area (Å²) < 4.78 is 9.57. The SMILES string of the molecule is N#Cc1ccc2c(c1)c1cc(C#N)ccc1n2-c1c(-c2cc(-c3ccccc3)nc(-c3ccccc3)n2)c(-n2c3ccc(C#N)cc3c3cc(C#N)ccc32)c(-n2c3ccc(C#N)cc3c3cc(C#N)ccc32)c(-c2nc3ccccc3s2)c1-n1c2ccc(C#N)cc2c2cc(C#N)ccc21. The van der Waals surface area contributed by atoms with Crippen molar-refractivity contribution < 1.29 is 0 Å². The van der Waals surface area contributed by atoms with Gasteiger partial charge >= 0.3 is 0 Å². The maximum Gasteiger partial charge on any atom is 0.160 e. The van der Waals surface area contributed by atoms with Crippen LogP contribution in [-0.2, 0) is 0 Å². The lowest BCUT2D eigenvalue weighted by Crippen LogP contribution is -2.16. The van der Waals surface area contributed by atoms with E-state index in [1.165, 1.54) is 11.3 Å². The Morgan fingerprint density at radius 1 is 0.257 bits per heavy atom. The molecule has 101 heavy (non-hydrogen) atoms. The number of nitriles is 8. The molecule has 460 valence electrons. The molecule has 16 heteroatoms. The van der Waals surface area contributed by atoms with Gasteiger partial charge in [0.2, 0.25) is 0 Å². The highest BCUT2D eigenvalue weighted by atomic mass is 32.1. The van der Waals surface area contributed by atoms with E-state index < -0.39 is 0 Å². The molecule has 0 bridgehead atoms. The fourth-order valence-corrected chi connectivity index (χ4v) is 15.7. The molecule has 0 atom stereocenters. The summed E-state index contributed by atoms with van der Waals surface area (Å²) in [5.74, 6) is 0.367. The fourth-order valence-electron chi connectivity index (χ4n) is 14.7. The lowest BCUT2D eigenvalue weighted by atomic mass is 9.94. The number of aromatic nitrogens is 7. The van der Waals surface area contributed by atoms with Gasteiger partial charge in [-0.2, -0.15) is 42.1 Å². The molecule has 0 aliphatic carbocycles. The van der Waals surface area contributed by atoms with E-state index in [-0.39, 0.29) is 0 Å². The van der Waals surface area contributed by atoms with Gasteiger partial charge in [-0.05, 0) is 164 Å². The molecule has 6 heterocycles. The molecule has 0 radical (unpaired) electrons. The Labute approximate surface area is 577 Å². The monoisotopic (exact) mass is 1300 g/mol. The number of fused-ring (bicyclic) bond motifs is 13. The Balaban J connectivity index is 1.25. The topological polar surface area (TPSA) is 249 Å². The van der Waals surface area contributed by atoms with Crippen molar-refractivity contribution in [1.29, 1.82) is 42.1 Å². The fraction of sp³-hybridized carbons (Fsp3) is 0. The van der Waals surface area contributed by atoms with Crippen LogP contribution in [0, 0.1) is 90.6 Å². The molecular weight excluding hydrogens is 1260 g/mol. The van der Waals surface area contributed by atoms with E-state index in [0.717, 1.165) is 10.3 Å². The second-order valence-corrected chi connectivity index (χ2v) is 25.4. The van der Waals surface area contributed by atoms with Gasteiger partial charge in [-0.1, -0.05) is 72.8 Å². The van der Waals surface area contributed by atoms with Crippen molar-refractivity contribution in [3.63, 3.8) is 0 Å². The highest BCUT2D eigenvalue weighted by Gasteiger charge is 2.38. The summed E-state index contributed by atoms with van der Waals surface area (Å²) in [6.07, 6.45) is 0. The number of hydrogen-bond acceptors (Lipinski definition) is 12. The largest absolute Gasteiger partial charge is 0.306 e. The second kappa shape index (κ2) is 22.7. The number of rotatable bonds is 8. The summed E-state index contributed by atoms with van der Waals surface area (Å²) >= 11 is 1.47. The van der Waals surface area contributed by atoms with Gasteiger partial charge in [0.1, 0.15) is 5.01 Å². The van der Waals surface area contributed by atoms with Gasteiger partial charge in [0.05, 0.1) is 193 Å². The molecule has 0 spiro atoms. The molecule has 0 amide bonds. The van der Waals surface area contributed by atoms with E-state index in [0.29, 0.717) is 199 Å². The smallest absolute Gasteiger partial charge is 0.160 e. The Hall–Kier alpha value is -15.3. The Bertz CT molecular complexity index is 6430. The van der Waals surface area contributed by atoms with Crippen molar-refractivity contribution in [1.82, 2.24) is 33.2 Å². The Kier molecular flexibility index (Phi) is 13.1. The van der Waals surface area contributed by atoms with Crippen molar-refractivity contribution in [2.24, 2.45) is 0 Å². The van der Waals surface area contributed by atoms with Crippen LogP contribution in [0.5, 0.6) is 0 Å². The zero-order valence-electron chi connectivity index (χ0n) is 52.6. The van der Waals surface area contributed by atoms with Crippen molar-refractivity contribution in [3.8, 4) is 116 Å². The molecule has 6 aromatic heterocycles. The van der Waals surface area contributed by atoms with Crippen molar-refractivity contribution in [2.75, 3.05) is 0 Å². The van der Waals surface area contributed by atoms with Gasteiger partial charge in [-0.25, -0.2) is 15.0 Å². The van der Waals surface area contributed by atoms with Crippen LogP contribution in [0.1, 0.15) is 44.5 Å². The first-order chi connectivity index (χ1) is 49.7. The maximum absolute atomic E-state index is 10.9. The third-order valence-electron chi connectivity index (χ3n) is 19.0. The first-order valence-electron chi connectivity index (χ1n) is 31.9. The number of hydrogen-bond donors (Lipinski definition) is 0. The third kappa shape index (κ3) is 8.87. The van der Waals surface area contributed by atoms with Crippen molar-refractivity contribution >= 4 is 109 Å². The third-order valence-corrected chi connectivity index (χ3v) is 20.0. The summed E-state index contributed by atoms with van der Waals surface area (Å²) in [5, 5.41) is 92.5. The summed E-state index contributed by atoms with van der Waals surface area (Å²) in [6, 6.07) is 93.0. The van der Waals surface area contributed by atoms with Gasteiger partial charge in [-0.15, -0.1) is 11.3 Å². The first kappa shape index (κ1) is 58.3. The van der Waals surface area contributed by atoms with E-state index in [1.807, 2.05) is 188 Å². The zero-order valence-corrected chi connectivity index (χ0v) is 53.4. The minimum Gasteiger partial charge on any atom is -0.306 e. The number of thiazole rings is 1. The maximum atomic E-state index is 10.9. The summed E-state index contributed by atoms with van der Waals surface area (Å²) in [4.78, 5) is 17.1. The van der Waals surface area contributed by atoms with Crippen LogP contribution in [0.3, 0.4) is 0 Å². The van der Waals surface area contributed by atoms with Crippen LogP contribution in [0.25, 0.3) is 165 Å². The Morgan fingerprint density at radius 2 is 0.535 bits per heavy atom. The van der Waals surface area contributed by atoms with Gasteiger partial charge in [-0.3, -0.25) is 0 Å². The van der Waals surface area contributed by atoms with E-state index >= 15 is 0 Å². The van der Waals surface area contributed by atoms with Crippen LogP contribution in [0.15, 0.2) is 237 Å². The first-order valence-corrected chi connectivity index (χ1v) is 32.7. The van der Waals surface area contributed by atoms with Crippen molar-refractivity contribution in [2.45, 2.75) is 0 Å². The van der Waals surface area contributed by atoms with Crippen LogP contribution in [0.4, 0.5) is 0 Å². The van der Waals surface area contributed by atoms with Crippen LogP contribution in [0.2, 0.25) is 0 Å². The van der Waals surface area contributed by atoms with Crippen molar-refractivity contribution in [3.05, 3.63) is 281 Å². The van der Waals surface area contributed by atoms with Gasteiger partial charge in [0, 0.05) is 54.2 Å². The Morgan fingerprint density at radius 3 is 0.842 bits per heavy atom. The quantitative estimate of drug-likeness (QED) is 0.138. The predicted molar refractivity (Wildman–Crippen MR) is 392 cm³/mol. The molecule has 0 unspecified atom stereocenters. The average Bonchev–Trinajstić information content (AvgIpc) is 1.58. The zero-order chi connectivity index (χ0) is 68.3. The van der Waals surface area contributed by atoms with Gasteiger partial charge in [0.25, 0.3) is 0 Å². The molecule has 15 nitrogen and oxygen atoms in total. The van der Waals surface area contributed by atoms with Gasteiger partial charge in [0.15, 0.2) is 5.82 Å². The van der Waals surface area contributed by atoms with Crippen LogP contribution >= 0.6 is 11.3 Å². The van der Waals surface area contributed by atoms with Crippen LogP contribution in [-0.4, -0.2) is 33.2 Å². The number of nitrogens with zero attached hydrogens (tertiary/aromatic N) is 15. The van der Waals surface area contributed by atoms with Crippen LogP contribution < -0.4 is 0 Å². The number of para-hydroxylation sites is 1. The molecule has 0 saturated carbocycles. The summed E-state index contributed by atoms with van der Waals surface area (Å²) in [7, 11) is 0. The lowest BCUT2D eigenvalue weighted by Gasteiger charge is -2.30. The highest BCUT2D eigenvalue weighted by molar-refractivity contribution is 7.21. The molecule has 0 aliphatic heterocycles. The minimum absolute atomic E-state index is 0.367. The molecule has 12 aromatic carbocycles. The second-order valence-electron chi connectivity index (χ2n) is 24.4. The molecule has 0 fully saturated rings. The molecular formula is C85H39N15S. The summed E-state index contributed by atoms with van der Waals surface area (Å²) in [6.45, 7) is 0. The summed E-state index contributed by atoms with van der Waals surface area (Å²) in [5.41, 5.74) is 14.1. The molecule has 0 aliphatic rings. The van der Waals surface area contributed by atoms with E-state index in [2.05, 4.69) is 66.8 Å². The van der Waals surface area contributed by atoms with E-state index in [1.54, 1.807) is 48.5 Å². The van der Waals surface area contributed by atoms with Gasteiger partial charge < -0.3 is 18.3 Å². The average molecular weight is 1300 g/mol. The lowest BCUT2D eigenvalue weighted by molar-refractivity contribution is 1.04. The molecule has 0 N–H and O–H groups in total. The predicted octanol–water partition coefficient (Wildman–Crippen LogP) is 19.1.